The Bertz CT molecular complexity index is 200. The van der Waals surface area contributed by atoms with Crippen LogP contribution in [0.1, 0.15) is 20.8 Å². The van der Waals surface area contributed by atoms with Gasteiger partial charge in [0.2, 0.25) is 0 Å². The van der Waals surface area contributed by atoms with Gasteiger partial charge in [-0.1, -0.05) is 13.8 Å². The molecule has 0 aromatic rings. The Morgan fingerprint density at radius 3 is 2.00 bits per heavy atom. The van der Waals surface area contributed by atoms with E-state index in [1.165, 1.54) is 0 Å². The minimum atomic E-state index is 0.180. The van der Waals surface area contributed by atoms with Gasteiger partial charge in [0, 0.05) is 54.8 Å². The van der Waals surface area contributed by atoms with Crippen molar-refractivity contribution in [2.24, 2.45) is 5.92 Å². The Morgan fingerprint density at radius 1 is 1.14 bits per heavy atom. The van der Waals surface area contributed by atoms with Gasteiger partial charge in [-0.15, -0.1) is 0 Å². The Kier molecular flexibility index (Phi) is 4.63. The second-order valence-electron chi connectivity index (χ2n) is 4.26. The van der Waals surface area contributed by atoms with Crippen molar-refractivity contribution < 1.29 is 4.79 Å². The lowest BCUT2D eigenvalue weighted by Crippen LogP contribution is -2.51. The zero-order chi connectivity index (χ0) is 10.7. The first kappa shape index (κ1) is 12.2. The molecule has 0 aromatic heterocycles. The molecule has 1 saturated heterocycles. The van der Waals surface area contributed by atoms with Crippen LogP contribution >= 0.6 is 22.6 Å². The molecule has 0 saturated carbocycles. The summed E-state index contributed by atoms with van der Waals surface area (Å²) in [6.45, 7) is 10.6. The third-order valence-corrected chi connectivity index (χ3v) is 3.79. The number of amides is 1. The van der Waals surface area contributed by atoms with Gasteiger partial charge in [-0.2, -0.15) is 0 Å². The van der Waals surface area contributed by atoms with E-state index in [-0.39, 0.29) is 3.91 Å². The molecule has 0 bridgehead atoms. The van der Waals surface area contributed by atoms with Crippen molar-refractivity contribution in [2.45, 2.75) is 26.8 Å². The van der Waals surface area contributed by atoms with Crippen LogP contribution in [0.15, 0.2) is 0 Å². The predicted octanol–water partition coefficient (Wildman–Crippen LogP) is 2.20. The van der Waals surface area contributed by atoms with Crippen LogP contribution in [0, 0.1) is 5.92 Å². The summed E-state index contributed by atoms with van der Waals surface area (Å²) >= 11 is 1.87. The lowest BCUT2D eigenvalue weighted by Gasteiger charge is -2.38. The number of carbonyl (C=O) groups is 1. The molecule has 1 aliphatic rings. The number of hydrogen-bond donors (Lipinski definition) is 0. The van der Waals surface area contributed by atoms with Crippen LogP contribution in [-0.2, 0) is 0 Å². The smallest absolute Gasteiger partial charge is 0.283 e. The summed E-state index contributed by atoms with van der Waals surface area (Å²) in [5.41, 5.74) is 0. The number of carbonyl (C=O) groups excluding carboxylic acids is 1. The summed E-state index contributed by atoms with van der Waals surface area (Å²) in [6, 6.07) is 0.626. The van der Waals surface area contributed by atoms with Crippen LogP contribution in [0.25, 0.3) is 0 Å². The predicted molar refractivity (Wildman–Crippen MR) is 66.9 cm³/mol. The van der Waals surface area contributed by atoms with Gasteiger partial charge in [-0.3, -0.25) is 9.69 Å². The molecule has 1 atom stereocenters. The van der Waals surface area contributed by atoms with Gasteiger partial charge in [-0.05, 0) is 12.8 Å². The van der Waals surface area contributed by atoms with Crippen LogP contribution < -0.4 is 0 Å². The van der Waals surface area contributed by atoms with E-state index in [4.69, 9.17) is 0 Å². The van der Waals surface area contributed by atoms with Gasteiger partial charge in [-0.25, -0.2) is 0 Å². The highest BCUT2D eigenvalue weighted by atomic mass is 127. The third-order valence-electron chi connectivity index (χ3n) is 3.10. The van der Waals surface area contributed by atoms with Gasteiger partial charge >= 0.3 is 0 Å². The Balaban J connectivity index is 2.39. The van der Waals surface area contributed by atoms with Crippen molar-refractivity contribution >= 4 is 26.5 Å². The quantitative estimate of drug-likeness (QED) is 0.443. The van der Waals surface area contributed by atoms with Crippen molar-refractivity contribution in [3.63, 3.8) is 0 Å². The molecule has 0 radical (unpaired) electrons. The molecule has 1 rings (SSSR count). The van der Waals surface area contributed by atoms with Crippen molar-refractivity contribution in [3.05, 3.63) is 0 Å². The third kappa shape index (κ3) is 3.08. The maximum atomic E-state index is 11.1. The highest BCUT2D eigenvalue weighted by Crippen LogP contribution is 2.14. The van der Waals surface area contributed by atoms with E-state index in [2.05, 4.69) is 25.7 Å². The van der Waals surface area contributed by atoms with Gasteiger partial charge < -0.3 is 4.90 Å². The van der Waals surface area contributed by atoms with Crippen molar-refractivity contribution in [1.29, 1.82) is 0 Å². The Labute approximate surface area is 100.0 Å². The van der Waals surface area contributed by atoms with Gasteiger partial charge in [0.05, 0.1) is 0 Å². The fraction of sp³-hybridized carbons (Fsp3) is 0.900. The number of nitrogens with zero attached hydrogens (tertiary/aromatic N) is 2. The first-order valence-corrected chi connectivity index (χ1v) is 6.28. The normalized spacial score (nSPS) is 21.4. The van der Waals surface area contributed by atoms with E-state index in [9.17, 15) is 4.79 Å². The first-order valence-electron chi connectivity index (χ1n) is 5.21. The number of hydrogen-bond acceptors (Lipinski definition) is 2. The highest BCUT2D eigenvalue weighted by Gasteiger charge is 2.23. The molecular formula is C10H19IN2O. The van der Waals surface area contributed by atoms with Crippen molar-refractivity contribution in [3.8, 4) is 0 Å². The van der Waals surface area contributed by atoms with E-state index >= 15 is 0 Å². The van der Waals surface area contributed by atoms with E-state index in [0.29, 0.717) is 12.0 Å². The zero-order valence-corrected chi connectivity index (χ0v) is 11.3. The molecule has 0 N–H and O–H groups in total. The molecule has 1 aliphatic heterocycles. The minimum Gasteiger partial charge on any atom is -0.332 e. The maximum Gasteiger partial charge on any atom is 0.283 e. The average molecular weight is 310 g/mol. The lowest BCUT2D eigenvalue weighted by molar-refractivity contribution is 0.104. The summed E-state index contributed by atoms with van der Waals surface area (Å²) in [5, 5.41) is 0. The second kappa shape index (κ2) is 5.30. The average Bonchev–Trinajstić information content (AvgIpc) is 2.16. The van der Waals surface area contributed by atoms with E-state index in [1.54, 1.807) is 0 Å². The van der Waals surface area contributed by atoms with E-state index in [1.807, 2.05) is 27.5 Å². The summed E-state index contributed by atoms with van der Waals surface area (Å²) in [4.78, 5) is 15.5. The van der Waals surface area contributed by atoms with Crippen molar-refractivity contribution in [2.75, 3.05) is 26.2 Å². The first-order chi connectivity index (χ1) is 6.52. The number of rotatable bonds is 2. The van der Waals surface area contributed by atoms with Crippen LogP contribution in [-0.4, -0.2) is 45.9 Å². The number of halogens is 1. The van der Waals surface area contributed by atoms with Crippen LogP contribution in [0.3, 0.4) is 0 Å². The van der Waals surface area contributed by atoms with Crippen LogP contribution in [0.4, 0.5) is 4.79 Å². The summed E-state index contributed by atoms with van der Waals surface area (Å²) in [7, 11) is 0. The standard InChI is InChI=1S/C10H19IN2O/c1-8(2)9(3)12-4-6-13(7-5-12)10(11)14/h8-9H,4-7H2,1-3H3/t9-/m0/s1. The monoisotopic (exact) mass is 310 g/mol. The lowest BCUT2D eigenvalue weighted by atomic mass is 10.0. The molecule has 0 aromatic carbocycles. The van der Waals surface area contributed by atoms with Gasteiger partial charge in [0.1, 0.15) is 0 Å². The number of piperazine rings is 1. The van der Waals surface area contributed by atoms with Crippen molar-refractivity contribution in [1.82, 2.24) is 9.80 Å². The Morgan fingerprint density at radius 2 is 1.64 bits per heavy atom. The molecule has 0 aliphatic carbocycles. The SMILES string of the molecule is CC(C)[C@H](C)N1CCN(C(=O)I)CC1. The molecule has 82 valence electrons. The molecule has 0 spiro atoms. The molecule has 3 nitrogen and oxygen atoms in total. The molecular weight excluding hydrogens is 291 g/mol. The molecule has 0 unspecified atom stereocenters. The second-order valence-corrected chi connectivity index (χ2v) is 5.18. The molecule has 1 heterocycles. The highest BCUT2D eigenvalue weighted by molar-refractivity contribution is 14.1. The van der Waals surface area contributed by atoms with Crippen LogP contribution in [0.2, 0.25) is 0 Å². The topological polar surface area (TPSA) is 23.6 Å². The summed E-state index contributed by atoms with van der Waals surface area (Å²) < 4.78 is 0.180. The van der Waals surface area contributed by atoms with E-state index < -0.39 is 0 Å². The van der Waals surface area contributed by atoms with Gasteiger partial charge in [0.25, 0.3) is 3.91 Å². The molecule has 14 heavy (non-hydrogen) atoms. The fourth-order valence-corrected chi connectivity index (χ4v) is 2.21. The van der Waals surface area contributed by atoms with Gasteiger partial charge in [0.15, 0.2) is 0 Å². The molecule has 4 heteroatoms. The minimum absolute atomic E-state index is 0.180. The van der Waals surface area contributed by atoms with E-state index in [0.717, 1.165) is 26.2 Å². The van der Waals surface area contributed by atoms with Crippen LogP contribution in [0.5, 0.6) is 0 Å². The largest absolute Gasteiger partial charge is 0.332 e. The summed E-state index contributed by atoms with van der Waals surface area (Å²) in [5.74, 6) is 0.692. The fourth-order valence-electron chi connectivity index (χ4n) is 1.73. The molecule has 1 fully saturated rings. The Hall–Kier alpha value is 0.160. The zero-order valence-electron chi connectivity index (χ0n) is 9.16. The molecule has 1 amide bonds. The maximum absolute atomic E-state index is 11.1. The summed E-state index contributed by atoms with van der Waals surface area (Å²) in [6.07, 6.45) is 0.